The van der Waals surface area contributed by atoms with Crippen molar-refractivity contribution in [2.75, 3.05) is 6.61 Å². The fourth-order valence-electron chi connectivity index (χ4n) is 1.92. The van der Waals surface area contributed by atoms with Gasteiger partial charge in [-0.15, -0.1) is 11.3 Å². The molecule has 1 aliphatic rings. The maximum Gasteiger partial charge on any atom is 0.184 e. The van der Waals surface area contributed by atoms with Gasteiger partial charge >= 0.3 is 0 Å². The Balaban J connectivity index is 1.83. The fraction of sp³-hybridized carbons (Fsp3) is 0.400. The largest absolute Gasteiger partial charge is 0.485 e. The molecule has 4 heteroatoms. The summed E-state index contributed by atoms with van der Waals surface area (Å²) in [6.45, 7) is 7.02. The maximum absolute atomic E-state index is 5.97. The van der Waals surface area contributed by atoms with E-state index in [4.69, 9.17) is 14.5 Å². The predicted molar refractivity (Wildman–Crippen MR) is 76.1 cm³/mol. The molecule has 0 spiro atoms. The molecule has 1 atom stereocenters. The summed E-state index contributed by atoms with van der Waals surface area (Å²) in [7, 11) is 0. The topological polar surface area (TPSA) is 31.4 Å². The molecular formula is C15H17NO2S. The van der Waals surface area contributed by atoms with Gasteiger partial charge in [0.2, 0.25) is 0 Å². The number of para-hydroxylation sites is 2. The molecule has 0 amide bonds. The van der Waals surface area contributed by atoms with Crippen LogP contribution < -0.4 is 9.47 Å². The molecule has 0 fully saturated rings. The van der Waals surface area contributed by atoms with Crippen LogP contribution >= 0.6 is 11.3 Å². The van der Waals surface area contributed by atoms with E-state index in [1.165, 1.54) is 0 Å². The Labute approximate surface area is 117 Å². The highest BCUT2D eigenvalue weighted by Crippen LogP contribution is 2.37. The van der Waals surface area contributed by atoms with Gasteiger partial charge in [-0.25, -0.2) is 4.98 Å². The Morgan fingerprint density at radius 2 is 1.95 bits per heavy atom. The summed E-state index contributed by atoms with van der Waals surface area (Å²) in [5.74, 6) is 1.61. The molecule has 2 aromatic rings. The third-order valence-corrected chi connectivity index (χ3v) is 4.01. The lowest BCUT2D eigenvalue weighted by Gasteiger charge is -2.25. The van der Waals surface area contributed by atoms with E-state index in [0.717, 1.165) is 22.2 Å². The Kier molecular flexibility index (Phi) is 2.97. The van der Waals surface area contributed by atoms with Gasteiger partial charge < -0.3 is 9.47 Å². The van der Waals surface area contributed by atoms with Gasteiger partial charge in [-0.05, 0) is 12.1 Å². The van der Waals surface area contributed by atoms with Crippen molar-refractivity contribution in [2.24, 2.45) is 0 Å². The first-order chi connectivity index (χ1) is 9.04. The van der Waals surface area contributed by atoms with Crippen molar-refractivity contribution in [3.63, 3.8) is 0 Å². The highest BCUT2D eigenvalue weighted by Gasteiger charge is 2.26. The van der Waals surface area contributed by atoms with Crippen LogP contribution in [0.15, 0.2) is 29.6 Å². The van der Waals surface area contributed by atoms with E-state index < -0.39 is 0 Å². The summed E-state index contributed by atoms with van der Waals surface area (Å²) in [6, 6.07) is 7.75. The lowest BCUT2D eigenvalue weighted by molar-refractivity contribution is 0.0909. The van der Waals surface area contributed by atoms with E-state index in [-0.39, 0.29) is 11.5 Å². The molecule has 1 aromatic carbocycles. The second-order valence-corrected chi connectivity index (χ2v) is 6.57. The zero-order valence-corrected chi connectivity index (χ0v) is 12.2. The second-order valence-electron chi connectivity index (χ2n) is 5.69. The maximum atomic E-state index is 5.97. The first-order valence-corrected chi connectivity index (χ1v) is 7.26. The molecule has 100 valence electrons. The zero-order chi connectivity index (χ0) is 13.5. The van der Waals surface area contributed by atoms with Crippen molar-refractivity contribution in [3.05, 3.63) is 40.3 Å². The van der Waals surface area contributed by atoms with Crippen LogP contribution in [-0.4, -0.2) is 11.6 Å². The van der Waals surface area contributed by atoms with E-state index in [2.05, 4.69) is 26.2 Å². The number of fused-ring (bicyclic) bond motifs is 1. The highest BCUT2D eigenvalue weighted by atomic mass is 32.1. The minimum Gasteiger partial charge on any atom is -0.485 e. The van der Waals surface area contributed by atoms with Gasteiger partial charge in [0.05, 0.1) is 5.69 Å². The number of hydrogen-bond donors (Lipinski definition) is 0. The predicted octanol–water partition coefficient (Wildman–Crippen LogP) is 3.95. The van der Waals surface area contributed by atoms with Crippen LogP contribution in [0.4, 0.5) is 0 Å². The summed E-state index contributed by atoms with van der Waals surface area (Å²) >= 11 is 1.64. The number of nitrogens with zero attached hydrogens (tertiary/aromatic N) is 1. The molecule has 0 bridgehead atoms. The minimum atomic E-state index is -0.101. The molecule has 1 aliphatic heterocycles. The molecule has 19 heavy (non-hydrogen) atoms. The molecule has 1 aromatic heterocycles. The van der Waals surface area contributed by atoms with Crippen LogP contribution in [0.2, 0.25) is 0 Å². The van der Waals surface area contributed by atoms with E-state index in [0.29, 0.717) is 6.61 Å². The molecular weight excluding hydrogens is 258 g/mol. The van der Waals surface area contributed by atoms with Gasteiger partial charge in [0.1, 0.15) is 11.6 Å². The average molecular weight is 275 g/mol. The number of aromatic nitrogens is 1. The van der Waals surface area contributed by atoms with Crippen molar-refractivity contribution >= 4 is 11.3 Å². The van der Waals surface area contributed by atoms with Gasteiger partial charge in [-0.1, -0.05) is 32.9 Å². The lowest BCUT2D eigenvalue weighted by atomic mass is 9.93. The number of thiazole rings is 1. The van der Waals surface area contributed by atoms with E-state index in [1.807, 2.05) is 24.3 Å². The van der Waals surface area contributed by atoms with Crippen LogP contribution in [0, 0.1) is 0 Å². The summed E-state index contributed by atoms with van der Waals surface area (Å²) < 4.78 is 11.7. The van der Waals surface area contributed by atoms with Gasteiger partial charge in [0.15, 0.2) is 17.6 Å². The number of hydrogen-bond acceptors (Lipinski definition) is 4. The van der Waals surface area contributed by atoms with Crippen molar-refractivity contribution in [2.45, 2.75) is 32.3 Å². The van der Waals surface area contributed by atoms with E-state index >= 15 is 0 Å². The standard InChI is InChI=1S/C15H17NO2S/c1-15(2,3)13-9-19-14(16-13)12-8-17-10-6-4-5-7-11(10)18-12/h4-7,9,12H,8H2,1-3H3. The van der Waals surface area contributed by atoms with Crippen molar-refractivity contribution in [1.29, 1.82) is 0 Å². The van der Waals surface area contributed by atoms with Crippen LogP contribution in [0.3, 0.4) is 0 Å². The Hall–Kier alpha value is -1.55. The molecule has 0 saturated carbocycles. The molecule has 0 saturated heterocycles. The molecule has 0 aliphatic carbocycles. The average Bonchev–Trinajstić information content (AvgIpc) is 2.87. The first-order valence-electron chi connectivity index (χ1n) is 6.38. The van der Waals surface area contributed by atoms with Crippen molar-refractivity contribution < 1.29 is 9.47 Å². The zero-order valence-electron chi connectivity index (χ0n) is 11.3. The molecule has 2 heterocycles. The molecule has 0 N–H and O–H groups in total. The summed E-state index contributed by atoms with van der Waals surface area (Å²) in [5.41, 5.74) is 1.18. The smallest absolute Gasteiger partial charge is 0.184 e. The first kappa shape index (κ1) is 12.5. The third-order valence-electron chi connectivity index (χ3n) is 3.07. The Morgan fingerprint density at radius 1 is 1.21 bits per heavy atom. The van der Waals surface area contributed by atoms with Gasteiger partial charge in [0.25, 0.3) is 0 Å². The summed E-state index contributed by atoms with van der Waals surface area (Å²) in [6.07, 6.45) is -0.101. The monoisotopic (exact) mass is 275 g/mol. The van der Waals surface area contributed by atoms with Gasteiger partial charge in [-0.3, -0.25) is 0 Å². The van der Waals surface area contributed by atoms with Crippen LogP contribution in [0.25, 0.3) is 0 Å². The fourth-order valence-corrected chi connectivity index (χ4v) is 2.98. The number of benzene rings is 1. The van der Waals surface area contributed by atoms with Crippen LogP contribution in [-0.2, 0) is 5.41 Å². The summed E-state index contributed by atoms with van der Waals surface area (Å²) in [4.78, 5) is 4.69. The quantitative estimate of drug-likeness (QED) is 0.789. The molecule has 1 unspecified atom stereocenters. The normalized spacial score (nSPS) is 18.4. The van der Waals surface area contributed by atoms with Crippen molar-refractivity contribution in [1.82, 2.24) is 4.98 Å². The molecule has 0 radical (unpaired) electrons. The second kappa shape index (κ2) is 4.53. The van der Waals surface area contributed by atoms with Crippen LogP contribution in [0.5, 0.6) is 11.5 Å². The van der Waals surface area contributed by atoms with Gasteiger partial charge in [-0.2, -0.15) is 0 Å². The minimum absolute atomic E-state index is 0.0716. The Bertz CT molecular complexity index is 586. The third kappa shape index (κ3) is 2.45. The SMILES string of the molecule is CC(C)(C)c1csc(C2COc3ccccc3O2)n1. The highest BCUT2D eigenvalue weighted by molar-refractivity contribution is 7.09. The Morgan fingerprint density at radius 3 is 2.63 bits per heavy atom. The summed E-state index contributed by atoms with van der Waals surface area (Å²) in [5, 5.41) is 3.10. The van der Waals surface area contributed by atoms with E-state index in [1.54, 1.807) is 11.3 Å². The lowest BCUT2D eigenvalue weighted by Crippen LogP contribution is -2.22. The molecule has 3 nitrogen and oxygen atoms in total. The van der Waals surface area contributed by atoms with Crippen molar-refractivity contribution in [3.8, 4) is 11.5 Å². The van der Waals surface area contributed by atoms with E-state index in [9.17, 15) is 0 Å². The number of ether oxygens (including phenoxy) is 2. The molecule has 3 rings (SSSR count). The number of rotatable bonds is 1. The van der Waals surface area contributed by atoms with Gasteiger partial charge in [0, 0.05) is 10.8 Å². The van der Waals surface area contributed by atoms with Crippen LogP contribution in [0.1, 0.15) is 37.6 Å².